The van der Waals surface area contributed by atoms with E-state index < -0.39 is 6.04 Å². The highest BCUT2D eigenvalue weighted by Gasteiger charge is 2.58. The number of imidazole rings is 1. The molecule has 1 saturated carbocycles. The van der Waals surface area contributed by atoms with Crippen LogP contribution in [0.4, 0.5) is 0 Å². The molecule has 6 nitrogen and oxygen atoms in total. The Hall–Kier alpha value is -2.18. The monoisotopic (exact) mass is 370 g/mol. The van der Waals surface area contributed by atoms with Crippen molar-refractivity contribution in [2.45, 2.75) is 57.8 Å². The molecule has 0 saturated heterocycles. The molecule has 0 radical (unpaired) electrons. The fraction of sp³-hybridized carbons (Fsp3) is 0.524. The Balaban J connectivity index is 1.53. The van der Waals surface area contributed by atoms with Crippen LogP contribution in [0.25, 0.3) is 0 Å². The number of hydrogen-bond donors (Lipinski definition) is 2. The molecule has 3 N–H and O–H groups in total. The number of methoxy groups -OCH3 is 1. The lowest BCUT2D eigenvalue weighted by Crippen LogP contribution is -2.69. The van der Waals surface area contributed by atoms with Gasteiger partial charge in [0, 0.05) is 37.7 Å². The summed E-state index contributed by atoms with van der Waals surface area (Å²) in [5.74, 6) is -0.135. The molecule has 1 aliphatic rings. The van der Waals surface area contributed by atoms with E-state index in [1.165, 1.54) is 5.56 Å². The number of ether oxygens (including phenoxy) is 1. The minimum Gasteiger partial charge on any atom is -0.378 e. The largest absolute Gasteiger partial charge is 0.378 e. The summed E-state index contributed by atoms with van der Waals surface area (Å²) in [5.41, 5.74) is 7.81. The van der Waals surface area contributed by atoms with Gasteiger partial charge in [-0.2, -0.15) is 0 Å². The van der Waals surface area contributed by atoms with Gasteiger partial charge in [-0.15, -0.1) is 0 Å². The van der Waals surface area contributed by atoms with Crippen molar-refractivity contribution in [2.24, 2.45) is 11.1 Å². The molecule has 146 valence electrons. The molecular formula is C21H30N4O2. The van der Waals surface area contributed by atoms with Crippen LogP contribution >= 0.6 is 0 Å². The molecule has 6 heteroatoms. The van der Waals surface area contributed by atoms with Crippen LogP contribution < -0.4 is 11.1 Å². The molecular weight excluding hydrogens is 340 g/mol. The summed E-state index contributed by atoms with van der Waals surface area (Å²) in [6, 6.07) is 9.64. The molecule has 27 heavy (non-hydrogen) atoms. The number of carbonyl (C=O) groups is 1. The van der Waals surface area contributed by atoms with Gasteiger partial charge in [0.15, 0.2) is 0 Å². The van der Waals surface area contributed by atoms with Crippen molar-refractivity contribution < 1.29 is 9.53 Å². The molecule has 1 fully saturated rings. The molecule has 3 atom stereocenters. The molecule has 1 amide bonds. The first-order chi connectivity index (χ1) is 12.7. The Morgan fingerprint density at radius 3 is 2.70 bits per heavy atom. The maximum absolute atomic E-state index is 12.5. The van der Waals surface area contributed by atoms with Gasteiger partial charge in [0.1, 0.15) is 0 Å². The van der Waals surface area contributed by atoms with Crippen LogP contribution in [0.5, 0.6) is 0 Å². The maximum atomic E-state index is 12.5. The van der Waals surface area contributed by atoms with E-state index in [1.807, 2.05) is 29.0 Å². The maximum Gasteiger partial charge on any atom is 0.237 e. The second kappa shape index (κ2) is 7.44. The second-order valence-corrected chi connectivity index (χ2v) is 8.26. The predicted octanol–water partition coefficient (Wildman–Crippen LogP) is 2.12. The van der Waals surface area contributed by atoms with Gasteiger partial charge in [0.25, 0.3) is 0 Å². The number of aromatic nitrogens is 2. The Morgan fingerprint density at radius 1 is 1.37 bits per heavy atom. The minimum absolute atomic E-state index is 0.0663. The van der Waals surface area contributed by atoms with Crippen LogP contribution in [0.15, 0.2) is 42.9 Å². The first kappa shape index (κ1) is 19.6. The smallest absolute Gasteiger partial charge is 0.237 e. The van der Waals surface area contributed by atoms with Gasteiger partial charge < -0.3 is 20.4 Å². The zero-order valence-electron chi connectivity index (χ0n) is 16.6. The van der Waals surface area contributed by atoms with E-state index in [0.717, 1.165) is 18.7 Å². The van der Waals surface area contributed by atoms with Gasteiger partial charge >= 0.3 is 0 Å². The summed E-state index contributed by atoms with van der Waals surface area (Å²) >= 11 is 0. The Bertz CT molecular complexity index is 786. The lowest BCUT2D eigenvalue weighted by atomic mass is 9.56. The van der Waals surface area contributed by atoms with Crippen LogP contribution in [0, 0.1) is 5.41 Å². The first-order valence-corrected chi connectivity index (χ1v) is 9.41. The lowest BCUT2D eigenvalue weighted by molar-refractivity contribution is -0.182. The van der Waals surface area contributed by atoms with Crippen molar-refractivity contribution >= 4 is 5.91 Å². The number of carbonyl (C=O) groups excluding carboxylic acids is 1. The van der Waals surface area contributed by atoms with E-state index in [-0.39, 0.29) is 23.0 Å². The van der Waals surface area contributed by atoms with Crippen LogP contribution in [-0.2, 0) is 22.5 Å². The van der Waals surface area contributed by atoms with Crippen molar-refractivity contribution in [3.05, 3.63) is 54.1 Å². The van der Waals surface area contributed by atoms with Crippen molar-refractivity contribution in [2.75, 3.05) is 7.11 Å². The topological polar surface area (TPSA) is 82.2 Å². The zero-order valence-corrected chi connectivity index (χ0v) is 16.6. The number of rotatable bonds is 7. The third kappa shape index (κ3) is 3.92. The molecule has 0 aliphatic heterocycles. The summed E-state index contributed by atoms with van der Waals surface area (Å²) in [4.78, 5) is 16.9. The predicted molar refractivity (Wildman–Crippen MR) is 105 cm³/mol. The highest BCUT2D eigenvalue weighted by atomic mass is 16.5. The Labute approximate surface area is 161 Å². The quantitative estimate of drug-likeness (QED) is 0.782. The van der Waals surface area contributed by atoms with Gasteiger partial charge in [-0.3, -0.25) is 4.79 Å². The van der Waals surface area contributed by atoms with Crippen molar-refractivity contribution in [3.8, 4) is 0 Å². The summed E-state index contributed by atoms with van der Waals surface area (Å²) < 4.78 is 7.62. The Kier molecular flexibility index (Phi) is 5.40. The number of benzene rings is 1. The molecule has 0 spiro atoms. The van der Waals surface area contributed by atoms with Crippen molar-refractivity contribution in [1.29, 1.82) is 0 Å². The summed E-state index contributed by atoms with van der Waals surface area (Å²) in [7, 11) is 1.72. The van der Waals surface area contributed by atoms with Crippen LogP contribution in [0.1, 0.15) is 38.4 Å². The van der Waals surface area contributed by atoms with E-state index in [4.69, 9.17) is 10.5 Å². The minimum atomic E-state index is -0.615. The molecule has 0 bridgehead atoms. The van der Waals surface area contributed by atoms with Crippen LogP contribution in [-0.4, -0.2) is 40.3 Å². The van der Waals surface area contributed by atoms with Crippen molar-refractivity contribution in [3.63, 3.8) is 0 Å². The third-order valence-electron chi connectivity index (χ3n) is 6.26. The number of nitrogens with one attached hydrogen (secondary N) is 1. The summed E-state index contributed by atoms with van der Waals surface area (Å²) in [5, 5.41) is 3.08. The molecule has 2 aromatic rings. The second-order valence-electron chi connectivity index (χ2n) is 8.26. The molecule has 1 heterocycles. The highest BCUT2D eigenvalue weighted by Crippen LogP contribution is 2.51. The van der Waals surface area contributed by atoms with Gasteiger partial charge in [-0.1, -0.05) is 44.2 Å². The summed E-state index contributed by atoms with van der Waals surface area (Å²) in [6.07, 6.45) is 4.95. The number of amides is 1. The standard InChI is InChI=1S/C21H30N4O2/c1-20(2)18(11-21(20,3)27-4)24-19(26)17(22)10-16-13-25(14-23-16)12-15-8-6-5-7-9-15/h5-9,13-14,17-18H,10-12,22H2,1-4H3,(H,24,26)/t17-,18?,21?/m0/s1. The lowest BCUT2D eigenvalue weighted by Gasteiger charge is -2.59. The SMILES string of the molecule is COC1(C)CC(NC(=O)[C@@H](N)Cc2cn(Cc3ccccc3)cn2)C1(C)C. The van der Waals surface area contributed by atoms with E-state index in [0.29, 0.717) is 6.42 Å². The fourth-order valence-electron chi connectivity index (χ4n) is 3.71. The van der Waals surface area contributed by atoms with Crippen LogP contribution in [0.2, 0.25) is 0 Å². The average Bonchev–Trinajstić information content (AvgIpc) is 3.08. The molecule has 1 aromatic carbocycles. The molecule has 1 aliphatic carbocycles. The molecule has 1 aromatic heterocycles. The zero-order chi connectivity index (χ0) is 19.7. The number of nitrogens with two attached hydrogens (primary N) is 1. The average molecular weight is 370 g/mol. The first-order valence-electron chi connectivity index (χ1n) is 9.41. The van der Waals surface area contributed by atoms with Gasteiger partial charge in [-0.25, -0.2) is 4.98 Å². The normalized spacial score (nSPS) is 24.9. The van der Waals surface area contributed by atoms with Crippen LogP contribution in [0.3, 0.4) is 0 Å². The Morgan fingerprint density at radius 2 is 2.07 bits per heavy atom. The van der Waals surface area contributed by atoms with Gasteiger partial charge in [-0.05, 0) is 18.9 Å². The molecule has 2 unspecified atom stereocenters. The van der Waals surface area contributed by atoms with E-state index >= 15 is 0 Å². The van der Waals surface area contributed by atoms with Gasteiger partial charge in [0.2, 0.25) is 5.91 Å². The highest BCUT2D eigenvalue weighted by molar-refractivity contribution is 5.82. The third-order valence-corrected chi connectivity index (χ3v) is 6.26. The molecule has 3 rings (SSSR count). The number of hydrogen-bond acceptors (Lipinski definition) is 4. The number of nitrogens with zero attached hydrogens (tertiary/aromatic N) is 2. The van der Waals surface area contributed by atoms with E-state index in [2.05, 4.69) is 43.2 Å². The summed E-state index contributed by atoms with van der Waals surface area (Å²) in [6.45, 7) is 7.06. The van der Waals surface area contributed by atoms with Crippen molar-refractivity contribution in [1.82, 2.24) is 14.9 Å². The van der Waals surface area contributed by atoms with Gasteiger partial charge in [0.05, 0.1) is 23.7 Å². The van der Waals surface area contributed by atoms with E-state index in [1.54, 1.807) is 13.4 Å². The van der Waals surface area contributed by atoms with E-state index in [9.17, 15) is 4.79 Å². The fourth-order valence-corrected chi connectivity index (χ4v) is 3.71.